The van der Waals surface area contributed by atoms with E-state index in [1.165, 1.54) is 30.3 Å². The topological polar surface area (TPSA) is 113 Å². The summed E-state index contributed by atoms with van der Waals surface area (Å²) < 4.78 is 37.2. The molecule has 0 radical (unpaired) electrons. The van der Waals surface area contributed by atoms with Gasteiger partial charge in [-0.05, 0) is 23.8 Å². The molecule has 0 saturated heterocycles. The molecule has 2 rings (SSSR count). The van der Waals surface area contributed by atoms with Gasteiger partial charge in [-0.15, -0.1) is 0 Å². The lowest BCUT2D eigenvalue weighted by Gasteiger charge is -2.11. The van der Waals surface area contributed by atoms with Crippen molar-refractivity contribution in [2.45, 2.75) is 0 Å². The molecule has 0 atom stereocenters. The minimum atomic E-state index is -4.36. The number of hydrogen-bond donors (Lipinski definition) is 3. The van der Waals surface area contributed by atoms with Crippen LogP contribution in [0.2, 0.25) is 0 Å². The van der Waals surface area contributed by atoms with Gasteiger partial charge in [0.1, 0.15) is 0 Å². The van der Waals surface area contributed by atoms with Crippen molar-refractivity contribution in [2.75, 3.05) is 4.72 Å². The predicted molar refractivity (Wildman–Crippen MR) is 84.5 cm³/mol. The molecule has 120 valence electrons. The third kappa shape index (κ3) is 4.31. The standard InChI is InChI=1S/C15H13NO6S/c1-2-14(18)22-15-12(4-3-5-13(15)17)10-6-8-11(9-7-10)16-23(19,20)21/h2-9,16-17H,1H2,(H,19,20,21). The largest absolute Gasteiger partial charge is 0.504 e. The van der Waals surface area contributed by atoms with Crippen molar-refractivity contribution in [3.63, 3.8) is 0 Å². The first-order valence-corrected chi connectivity index (χ1v) is 7.76. The number of ether oxygens (including phenoxy) is 1. The zero-order valence-electron chi connectivity index (χ0n) is 11.8. The van der Waals surface area contributed by atoms with E-state index in [-0.39, 0.29) is 17.2 Å². The highest BCUT2D eigenvalue weighted by Gasteiger charge is 2.14. The fraction of sp³-hybridized carbons (Fsp3) is 0. The first-order valence-electron chi connectivity index (χ1n) is 6.32. The van der Waals surface area contributed by atoms with E-state index in [0.29, 0.717) is 11.1 Å². The first-order chi connectivity index (χ1) is 10.8. The Morgan fingerprint density at radius 2 is 1.83 bits per heavy atom. The molecule has 3 N–H and O–H groups in total. The van der Waals surface area contributed by atoms with Gasteiger partial charge in [0.2, 0.25) is 0 Å². The molecule has 0 saturated carbocycles. The lowest BCUT2D eigenvalue weighted by molar-refractivity contribution is -0.129. The van der Waals surface area contributed by atoms with Gasteiger partial charge >= 0.3 is 16.3 Å². The summed E-state index contributed by atoms with van der Waals surface area (Å²) in [5.74, 6) is -0.983. The molecule has 0 aliphatic rings. The molecular formula is C15H13NO6S. The van der Waals surface area contributed by atoms with Crippen molar-refractivity contribution < 1.29 is 27.6 Å². The van der Waals surface area contributed by atoms with E-state index >= 15 is 0 Å². The average molecular weight is 335 g/mol. The number of nitrogens with one attached hydrogen (secondary N) is 1. The molecule has 0 bridgehead atoms. The molecule has 0 amide bonds. The van der Waals surface area contributed by atoms with Crippen LogP contribution in [-0.4, -0.2) is 24.0 Å². The van der Waals surface area contributed by atoms with Crippen LogP contribution < -0.4 is 9.46 Å². The van der Waals surface area contributed by atoms with Crippen LogP contribution in [0.25, 0.3) is 11.1 Å². The maximum atomic E-state index is 11.4. The number of carbonyl (C=O) groups is 1. The van der Waals surface area contributed by atoms with Gasteiger partial charge in [-0.25, -0.2) is 4.79 Å². The van der Waals surface area contributed by atoms with Crippen molar-refractivity contribution in [1.29, 1.82) is 0 Å². The summed E-state index contributed by atoms with van der Waals surface area (Å²) in [6, 6.07) is 10.4. The highest BCUT2D eigenvalue weighted by atomic mass is 32.2. The van der Waals surface area contributed by atoms with Crippen molar-refractivity contribution in [2.24, 2.45) is 0 Å². The summed E-state index contributed by atoms with van der Waals surface area (Å²) in [5, 5.41) is 9.87. The number of phenols is 1. The van der Waals surface area contributed by atoms with Gasteiger partial charge in [-0.2, -0.15) is 8.42 Å². The highest BCUT2D eigenvalue weighted by molar-refractivity contribution is 7.87. The van der Waals surface area contributed by atoms with Gasteiger partial charge in [0.25, 0.3) is 0 Å². The van der Waals surface area contributed by atoms with Crippen LogP contribution in [-0.2, 0) is 15.1 Å². The minimum absolute atomic E-state index is 0.0344. The Bertz CT molecular complexity index is 843. The van der Waals surface area contributed by atoms with Crippen LogP contribution in [0, 0.1) is 0 Å². The fourth-order valence-electron chi connectivity index (χ4n) is 1.87. The lowest BCUT2D eigenvalue weighted by atomic mass is 10.0. The molecule has 23 heavy (non-hydrogen) atoms. The van der Waals surface area contributed by atoms with E-state index in [2.05, 4.69) is 6.58 Å². The lowest BCUT2D eigenvalue weighted by Crippen LogP contribution is -2.10. The fourth-order valence-corrected chi connectivity index (χ4v) is 2.30. The van der Waals surface area contributed by atoms with Gasteiger partial charge < -0.3 is 9.84 Å². The molecule has 0 unspecified atom stereocenters. The summed E-state index contributed by atoms with van der Waals surface area (Å²) in [6.45, 7) is 3.29. The number of para-hydroxylation sites is 1. The Balaban J connectivity index is 2.40. The quantitative estimate of drug-likeness (QED) is 0.335. The molecule has 7 nitrogen and oxygen atoms in total. The average Bonchev–Trinajstić information content (AvgIpc) is 2.48. The summed E-state index contributed by atoms with van der Waals surface area (Å²) in [6.07, 6.45) is 0.968. The van der Waals surface area contributed by atoms with Crippen LogP contribution in [0.4, 0.5) is 5.69 Å². The second-order valence-corrected chi connectivity index (χ2v) is 5.59. The maximum absolute atomic E-state index is 11.4. The number of carbonyl (C=O) groups excluding carboxylic acids is 1. The Morgan fingerprint density at radius 1 is 1.17 bits per heavy atom. The van der Waals surface area contributed by atoms with Gasteiger partial charge in [-0.3, -0.25) is 9.27 Å². The van der Waals surface area contributed by atoms with Gasteiger partial charge in [0.15, 0.2) is 11.5 Å². The number of aromatic hydroxyl groups is 1. The SMILES string of the molecule is C=CC(=O)Oc1c(O)cccc1-c1ccc(NS(=O)(=O)O)cc1. The minimum Gasteiger partial charge on any atom is -0.504 e. The number of hydrogen-bond acceptors (Lipinski definition) is 5. The monoisotopic (exact) mass is 335 g/mol. The van der Waals surface area contributed by atoms with E-state index in [4.69, 9.17) is 9.29 Å². The van der Waals surface area contributed by atoms with Gasteiger partial charge in [0.05, 0.1) is 5.69 Å². The third-order valence-electron chi connectivity index (χ3n) is 2.81. The van der Waals surface area contributed by atoms with Crippen molar-refractivity contribution in [3.05, 3.63) is 55.1 Å². The first kappa shape index (κ1) is 16.5. The number of rotatable bonds is 5. The zero-order chi connectivity index (χ0) is 17.0. The molecule has 0 aromatic heterocycles. The van der Waals surface area contributed by atoms with E-state index in [9.17, 15) is 18.3 Å². The summed E-state index contributed by atoms with van der Waals surface area (Å²) in [5.41, 5.74) is 1.15. The molecular weight excluding hydrogens is 322 g/mol. The Hall–Kier alpha value is -2.84. The van der Waals surface area contributed by atoms with E-state index in [1.54, 1.807) is 12.1 Å². The zero-order valence-corrected chi connectivity index (χ0v) is 12.6. The second-order valence-electron chi connectivity index (χ2n) is 4.43. The van der Waals surface area contributed by atoms with Crippen LogP contribution in [0.5, 0.6) is 11.5 Å². The number of benzene rings is 2. The van der Waals surface area contributed by atoms with Crippen LogP contribution in [0.1, 0.15) is 0 Å². The van der Waals surface area contributed by atoms with E-state index in [0.717, 1.165) is 6.08 Å². The normalized spacial score (nSPS) is 10.8. The smallest absolute Gasteiger partial charge is 0.357 e. The predicted octanol–water partition coefficient (Wildman–Crippen LogP) is 2.37. The molecule has 0 spiro atoms. The number of phenolic OH excluding ortho intramolecular Hbond substituents is 1. The van der Waals surface area contributed by atoms with Crippen LogP contribution >= 0.6 is 0 Å². The van der Waals surface area contributed by atoms with Gasteiger partial charge in [-0.1, -0.05) is 30.8 Å². The summed E-state index contributed by atoms with van der Waals surface area (Å²) >= 11 is 0. The maximum Gasteiger partial charge on any atom is 0.357 e. The second kappa shape index (κ2) is 6.51. The molecule has 0 heterocycles. The Labute approximate surface area is 132 Å². The number of anilines is 1. The summed E-state index contributed by atoms with van der Waals surface area (Å²) in [4.78, 5) is 11.4. The van der Waals surface area contributed by atoms with E-state index < -0.39 is 16.3 Å². The Morgan fingerprint density at radius 3 is 2.39 bits per heavy atom. The van der Waals surface area contributed by atoms with Crippen molar-refractivity contribution in [1.82, 2.24) is 0 Å². The van der Waals surface area contributed by atoms with E-state index in [1.807, 2.05) is 4.72 Å². The molecule has 2 aromatic carbocycles. The van der Waals surface area contributed by atoms with Crippen molar-refractivity contribution in [3.8, 4) is 22.6 Å². The Kier molecular flexibility index (Phi) is 4.68. The highest BCUT2D eigenvalue weighted by Crippen LogP contribution is 2.37. The molecule has 8 heteroatoms. The molecule has 0 fully saturated rings. The van der Waals surface area contributed by atoms with Gasteiger partial charge in [0, 0.05) is 11.6 Å². The third-order valence-corrected chi connectivity index (χ3v) is 3.30. The summed E-state index contributed by atoms with van der Waals surface area (Å²) in [7, 11) is -4.36. The number of esters is 1. The van der Waals surface area contributed by atoms with Crippen LogP contribution in [0.3, 0.4) is 0 Å². The van der Waals surface area contributed by atoms with Crippen molar-refractivity contribution >= 4 is 22.0 Å². The molecule has 0 aliphatic carbocycles. The van der Waals surface area contributed by atoms with Crippen LogP contribution in [0.15, 0.2) is 55.1 Å². The molecule has 2 aromatic rings. The molecule has 0 aliphatic heterocycles.